The number of carbonyl (C=O) groups is 1. The largest absolute Gasteiger partial charge is 0.481 e. The van der Waals surface area contributed by atoms with Gasteiger partial charge in [0.25, 0.3) is 0 Å². The van der Waals surface area contributed by atoms with Crippen LogP contribution < -0.4 is 0 Å². The van der Waals surface area contributed by atoms with Gasteiger partial charge in [-0.3, -0.25) is 4.79 Å². The van der Waals surface area contributed by atoms with Crippen LogP contribution in [0.5, 0.6) is 0 Å². The Balaban J connectivity index is 2.56. The van der Waals surface area contributed by atoms with Crippen molar-refractivity contribution < 1.29 is 20.1 Å². The molecule has 0 aliphatic heterocycles. The van der Waals surface area contributed by atoms with Crippen LogP contribution in [0.4, 0.5) is 0 Å². The number of aliphatic carboxylic acids is 1. The van der Waals surface area contributed by atoms with Gasteiger partial charge >= 0.3 is 5.97 Å². The topological polar surface area (TPSA) is 102 Å². The molecule has 3 N–H and O–H groups in total. The van der Waals surface area contributed by atoms with Crippen LogP contribution in [0.2, 0.25) is 0 Å². The maximum absolute atomic E-state index is 10.4. The molecule has 2 atom stereocenters. The minimum Gasteiger partial charge on any atom is -0.481 e. The average Bonchev–Trinajstić information content (AvgIpc) is 2.38. The molecule has 1 aromatic rings. The van der Waals surface area contributed by atoms with Crippen molar-refractivity contribution in [1.29, 1.82) is 5.26 Å². The molecule has 19 heavy (non-hydrogen) atoms. The second-order valence-corrected chi connectivity index (χ2v) is 4.36. The first kappa shape index (κ1) is 15.2. The molecule has 0 aliphatic rings. The molecule has 0 saturated carbocycles. The zero-order valence-electron chi connectivity index (χ0n) is 10.5. The van der Waals surface area contributed by atoms with Gasteiger partial charge < -0.3 is 15.3 Å². The average molecular weight is 263 g/mol. The lowest BCUT2D eigenvalue weighted by molar-refractivity contribution is -0.137. The van der Waals surface area contributed by atoms with Gasteiger partial charge in [-0.05, 0) is 24.0 Å². The summed E-state index contributed by atoms with van der Waals surface area (Å²) in [5, 5.41) is 36.3. The summed E-state index contributed by atoms with van der Waals surface area (Å²) in [4.78, 5) is 10.4. The van der Waals surface area contributed by atoms with Gasteiger partial charge in [0.15, 0.2) is 0 Å². The molecular formula is C14H17NO4. The van der Waals surface area contributed by atoms with Crippen molar-refractivity contribution in [3.8, 4) is 6.07 Å². The summed E-state index contributed by atoms with van der Waals surface area (Å²) in [6.45, 7) is 0. The van der Waals surface area contributed by atoms with E-state index < -0.39 is 18.2 Å². The number of benzene rings is 1. The monoisotopic (exact) mass is 263 g/mol. The minimum absolute atomic E-state index is 0.123. The molecule has 0 aromatic heterocycles. The van der Waals surface area contributed by atoms with Crippen molar-refractivity contribution in [2.24, 2.45) is 0 Å². The lowest BCUT2D eigenvalue weighted by Gasteiger charge is -2.15. The van der Waals surface area contributed by atoms with E-state index in [1.165, 1.54) is 0 Å². The molecule has 0 saturated heterocycles. The number of aryl methyl sites for hydroxylation is 1. The Hall–Kier alpha value is -1.90. The molecule has 0 radical (unpaired) electrons. The molecule has 2 unspecified atom stereocenters. The van der Waals surface area contributed by atoms with Gasteiger partial charge in [0.05, 0.1) is 18.6 Å². The van der Waals surface area contributed by atoms with E-state index in [0.29, 0.717) is 18.4 Å². The van der Waals surface area contributed by atoms with Crippen molar-refractivity contribution >= 4 is 5.97 Å². The first-order chi connectivity index (χ1) is 9.04. The number of hydrogen-bond acceptors (Lipinski definition) is 4. The van der Waals surface area contributed by atoms with E-state index in [1.807, 2.05) is 0 Å². The lowest BCUT2D eigenvalue weighted by atomic mass is 9.99. The van der Waals surface area contributed by atoms with Gasteiger partial charge in [0, 0.05) is 6.42 Å². The van der Waals surface area contributed by atoms with Crippen molar-refractivity contribution in [2.75, 3.05) is 0 Å². The van der Waals surface area contributed by atoms with E-state index in [0.717, 1.165) is 5.56 Å². The fourth-order valence-electron chi connectivity index (χ4n) is 1.75. The van der Waals surface area contributed by atoms with Crippen LogP contribution in [0.15, 0.2) is 24.3 Å². The molecule has 1 aromatic carbocycles. The Morgan fingerprint density at radius 2 is 1.89 bits per heavy atom. The van der Waals surface area contributed by atoms with Gasteiger partial charge in [-0.15, -0.1) is 0 Å². The molecule has 1 rings (SSSR count). The molecule has 0 fully saturated rings. The highest BCUT2D eigenvalue weighted by atomic mass is 16.4. The molecule has 0 amide bonds. The Morgan fingerprint density at radius 3 is 2.42 bits per heavy atom. The quantitative estimate of drug-likeness (QED) is 0.690. The third-order valence-corrected chi connectivity index (χ3v) is 2.84. The summed E-state index contributed by atoms with van der Waals surface area (Å²) in [6.07, 6.45) is -0.944. The van der Waals surface area contributed by atoms with Gasteiger partial charge in [-0.1, -0.05) is 24.3 Å². The van der Waals surface area contributed by atoms with Gasteiger partial charge in [-0.2, -0.15) is 5.26 Å². The zero-order chi connectivity index (χ0) is 14.3. The maximum atomic E-state index is 10.4. The zero-order valence-corrected chi connectivity index (χ0v) is 10.5. The molecule has 5 heteroatoms. The van der Waals surface area contributed by atoms with Crippen LogP contribution in [0.3, 0.4) is 0 Å². The number of carboxylic acid groups (broad SMARTS) is 1. The SMILES string of the molecule is N#CCC(O)C(O)c1ccc(CCCC(=O)O)cc1. The highest BCUT2D eigenvalue weighted by Crippen LogP contribution is 2.19. The number of nitriles is 1. The van der Waals surface area contributed by atoms with E-state index in [2.05, 4.69) is 0 Å². The number of aliphatic hydroxyl groups excluding tert-OH is 2. The summed E-state index contributed by atoms with van der Waals surface area (Å²) >= 11 is 0. The Bertz CT molecular complexity index is 450. The van der Waals surface area contributed by atoms with E-state index in [-0.39, 0.29) is 12.8 Å². The smallest absolute Gasteiger partial charge is 0.303 e. The molecular weight excluding hydrogens is 246 g/mol. The summed E-state index contributed by atoms with van der Waals surface area (Å²) in [5.41, 5.74) is 1.52. The van der Waals surface area contributed by atoms with Crippen molar-refractivity contribution in [3.05, 3.63) is 35.4 Å². The highest BCUT2D eigenvalue weighted by molar-refractivity contribution is 5.66. The second kappa shape index (κ2) is 7.52. The Labute approximate surface area is 111 Å². The number of rotatable bonds is 7. The fraction of sp³-hybridized carbons (Fsp3) is 0.429. The normalized spacial score (nSPS) is 13.5. The standard InChI is InChI=1S/C14H17NO4/c15-9-8-12(16)14(19)11-6-4-10(5-7-11)2-1-3-13(17)18/h4-7,12,14,16,19H,1-3,8H2,(H,17,18). The number of carboxylic acids is 1. The van der Waals surface area contributed by atoms with Gasteiger partial charge in [0.2, 0.25) is 0 Å². The molecule has 0 bridgehead atoms. The van der Waals surface area contributed by atoms with E-state index in [4.69, 9.17) is 10.4 Å². The van der Waals surface area contributed by atoms with Crippen LogP contribution in [0.25, 0.3) is 0 Å². The van der Waals surface area contributed by atoms with E-state index in [1.54, 1.807) is 30.3 Å². The molecule has 0 heterocycles. The molecule has 102 valence electrons. The number of hydrogen-bond donors (Lipinski definition) is 3. The molecule has 0 aliphatic carbocycles. The predicted molar refractivity (Wildman–Crippen MR) is 68.2 cm³/mol. The lowest BCUT2D eigenvalue weighted by Crippen LogP contribution is -2.17. The molecule has 5 nitrogen and oxygen atoms in total. The van der Waals surface area contributed by atoms with Crippen LogP contribution in [-0.4, -0.2) is 27.4 Å². The van der Waals surface area contributed by atoms with Crippen molar-refractivity contribution in [1.82, 2.24) is 0 Å². The van der Waals surface area contributed by atoms with Crippen LogP contribution in [0, 0.1) is 11.3 Å². The van der Waals surface area contributed by atoms with Crippen LogP contribution in [-0.2, 0) is 11.2 Å². The summed E-state index contributed by atoms with van der Waals surface area (Å²) in [7, 11) is 0. The minimum atomic E-state index is -1.09. The van der Waals surface area contributed by atoms with Crippen molar-refractivity contribution in [2.45, 2.75) is 37.9 Å². The third kappa shape index (κ3) is 5.08. The third-order valence-electron chi connectivity index (χ3n) is 2.84. The first-order valence-corrected chi connectivity index (χ1v) is 6.08. The number of aliphatic hydroxyl groups is 2. The Morgan fingerprint density at radius 1 is 1.26 bits per heavy atom. The maximum Gasteiger partial charge on any atom is 0.303 e. The van der Waals surface area contributed by atoms with Crippen LogP contribution in [0.1, 0.15) is 36.5 Å². The van der Waals surface area contributed by atoms with E-state index >= 15 is 0 Å². The summed E-state index contributed by atoms with van der Waals surface area (Å²) < 4.78 is 0. The van der Waals surface area contributed by atoms with Gasteiger partial charge in [-0.25, -0.2) is 0 Å². The van der Waals surface area contributed by atoms with Crippen molar-refractivity contribution in [3.63, 3.8) is 0 Å². The highest BCUT2D eigenvalue weighted by Gasteiger charge is 2.17. The van der Waals surface area contributed by atoms with Crippen LogP contribution >= 0.6 is 0 Å². The van der Waals surface area contributed by atoms with Gasteiger partial charge in [0.1, 0.15) is 6.10 Å². The first-order valence-electron chi connectivity index (χ1n) is 6.08. The molecule has 0 spiro atoms. The fourth-order valence-corrected chi connectivity index (χ4v) is 1.75. The second-order valence-electron chi connectivity index (χ2n) is 4.36. The summed E-state index contributed by atoms with van der Waals surface area (Å²) in [5.74, 6) is -0.813. The number of nitrogens with zero attached hydrogens (tertiary/aromatic N) is 1. The summed E-state index contributed by atoms with van der Waals surface area (Å²) in [6, 6.07) is 8.75. The predicted octanol–water partition coefficient (Wildman–Crippen LogP) is 1.40. The van der Waals surface area contributed by atoms with E-state index in [9.17, 15) is 15.0 Å². The Kier molecular flexibility index (Phi) is 6.00.